The van der Waals surface area contributed by atoms with Crippen LogP contribution in [0.4, 0.5) is 0 Å². The van der Waals surface area contributed by atoms with Crippen LogP contribution in [-0.2, 0) is 5.41 Å². The molecule has 0 fully saturated rings. The van der Waals surface area contributed by atoms with E-state index in [1.807, 2.05) is 0 Å². The van der Waals surface area contributed by atoms with Crippen LogP contribution in [0.2, 0.25) is 0 Å². The molecule has 0 unspecified atom stereocenters. The highest BCUT2D eigenvalue weighted by Crippen LogP contribution is 2.52. The fraction of sp³-hybridized carbons (Fsp3) is 0.0638. The van der Waals surface area contributed by atoms with E-state index < -0.39 is 0 Å². The van der Waals surface area contributed by atoms with E-state index in [1.54, 1.807) is 0 Å². The zero-order chi connectivity index (χ0) is 31.3. The molecule has 10 rings (SSSR count). The summed E-state index contributed by atoms with van der Waals surface area (Å²) in [4.78, 5) is 0. The van der Waals surface area contributed by atoms with Crippen molar-refractivity contribution in [3.8, 4) is 44.5 Å². The maximum atomic E-state index is 2.45. The summed E-state index contributed by atoms with van der Waals surface area (Å²) in [6.45, 7) is 4.76. The molecule has 0 saturated carbocycles. The van der Waals surface area contributed by atoms with Crippen molar-refractivity contribution in [3.05, 3.63) is 169 Å². The van der Waals surface area contributed by atoms with Crippen LogP contribution in [0.25, 0.3) is 87.6 Å². The van der Waals surface area contributed by atoms with Gasteiger partial charge in [-0.3, -0.25) is 0 Å². The van der Waals surface area contributed by atoms with Crippen LogP contribution in [0.5, 0.6) is 0 Å². The van der Waals surface area contributed by atoms with Crippen LogP contribution >= 0.6 is 0 Å². The Morgan fingerprint density at radius 1 is 0.340 bits per heavy atom. The van der Waals surface area contributed by atoms with Crippen LogP contribution < -0.4 is 0 Å². The second-order valence-electron chi connectivity index (χ2n) is 13.7. The highest BCUT2D eigenvalue weighted by Gasteiger charge is 2.36. The molecule has 1 aliphatic rings. The summed E-state index contributed by atoms with van der Waals surface area (Å²) < 4.78 is 0. The van der Waals surface area contributed by atoms with Crippen LogP contribution in [0, 0.1) is 0 Å². The van der Waals surface area contributed by atoms with Gasteiger partial charge in [0.2, 0.25) is 0 Å². The van der Waals surface area contributed by atoms with Crippen LogP contribution in [0.3, 0.4) is 0 Å². The SMILES string of the molecule is CC1(C)c2cc(-c3ccc(-c4ccc5ccc6cccc7ccc4c5c67)c(-c4ccccc4)c3)ccc2-c2c1ccc1ccccc21. The maximum Gasteiger partial charge on any atom is 0.0159 e. The molecule has 0 heteroatoms. The molecule has 0 saturated heterocycles. The van der Waals surface area contributed by atoms with E-state index in [2.05, 4.69) is 172 Å². The summed E-state index contributed by atoms with van der Waals surface area (Å²) in [5.41, 5.74) is 13.0. The Labute approximate surface area is 274 Å². The molecule has 0 amide bonds. The minimum Gasteiger partial charge on any atom is -0.0622 e. The van der Waals surface area contributed by atoms with E-state index in [1.165, 1.54) is 98.7 Å². The molecule has 0 heterocycles. The number of hydrogen-bond donors (Lipinski definition) is 0. The van der Waals surface area contributed by atoms with Crippen molar-refractivity contribution in [1.82, 2.24) is 0 Å². The molecule has 9 aromatic rings. The fourth-order valence-corrected chi connectivity index (χ4v) is 8.47. The summed E-state index contributed by atoms with van der Waals surface area (Å²) in [5.74, 6) is 0. The third-order valence-corrected chi connectivity index (χ3v) is 10.8. The monoisotopic (exact) mass is 596 g/mol. The first kappa shape index (κ1) is 26.5. The normalized spacial score (nSPS) is 13.5. The highest BCUT2D eigenvalue weighted by atomic mass is 14.4. The van der Waals surface area contributed by atoms with E-state index in [0.29, 0.717) is 0 Å². The first-order chi connectivity index (χ1) is 23.1. The summed E-state index contributed by atoms with van der Waals surface area (Å²) in [6, 6.07) is 58.9. The van der Waals surface area contributed by atoms with Gasteiger partial charge < -0.3 is 0 Å². The van der Waals surface area contributed by atoms with Crippen molar-refractivity contribution < 1.29 is 0 Å². The first-order valence-electron chi connectivity index (χ1n) is 16.6. The lowest BCUT2D eigenvalue weighted by Crippen LogP contribution is -2.15. The summed E-state index contributed by atoms with van der Waals surface area (Å²) in [7, 11) is 0. The van der Waals surface area contributed by atoms with Gasteiger partial charge in [0, 0.05) is 5.41 Å². The van der Waals surface area contributed by atoms with Gasteiger partial charge in [-0.1, -0.05) is 159 Å². The Balaban J connectivity index is 1.18. The average molecular weight is 597 g/mol. The number of hydrogen-bond acceptors (Lipinski definition) is 0. The molecular formula is C47H32. The molecule has 1 aliphatic carbocycles. The summed E-state index contributed by atoms with van der Waals surface area (Å²) in [6.07, 6.45) is 0. The molecule has 0 aromatic heterocycles. The van der Waals surface area contributed by atoms with E-state index >= 15 is 0 Å². The van der Waals surface area contributed by atoms with Crippen molar-refractivity contribution in [2.45, 2.75) is 19.3 Å². The summed E-state index contributed by atoms with van der Waals surface area (Å²) >= 11 is 0. The van der Waals surface area contributed by atoms with E-state index in [4.69, 9.17) is 0 Å². The number of fused-ring (bicyclic) bond motifs is 5. The molecule has 0 nitrogen and oxygen atoms in total. The second kappa shape index (κ2) is 9.64. The molecule has 0 N–H and O–H groups in total. The number of benzene rings is 9. The van der Waals surface area contributed by atoms with E-state index in [-0.39, 0.29) is 5.41 Å². The fourth-order valence-electron chi connectivity index (χ4n) is 8.47. The van der Waals surface area contributed by atoms with Gasteiger partial charge in [-0.2, -0.15) is 0 Å². The van der Waals surface area contributed by atoms with Gasteiger partial charge in [-0.15, -0.1) is 0 Å². The molecule has 0 atom stereocenters. The third kappa shape index (κ3) is 3.76. The molecule has 220 valence electrons. The van der Waals surface area contributed by atoms with Gasteiger partial charge in [0.25, 0.3) is 0 Å². The van der Waals surface area contributed by atoms with Crippen LogP contribution in [0.15, 0.2) is 158 Å². The van der Waals surface area contributed by atoms with E-state index in [0.717, 1.165) is 0 Å². The van der Waals surface area contributed by atoms with Crippen molar-refractivity contribution >= 4 is 43.1 Å². The van der Waals surface area contributed by atoms with Crippen molar-refractivity contribution in [3.63, 3.8) is 0 Å². The Morgan fingerprint density at radius 3 is 1.79 bits per heavy atom. The molecule has 0 aliphatic heterocycles. The Bertz CT molecular complexity index is 2670. The summed E-state index contributed by atoms with van der Waals surface area (Å²) in [5, 5.41) is 10.5. The highest BCUT2D eigenvalue weighted by molar-refractivity contribution is 6.25. The van der Waals surface area contributed by atoms with Crippen molar-refractivity contribution in [1.29, 1.82) is 0 Å². The first-order valence-corrected chi connectivity index (χ1v) is 16.6. The zero-order valence-electron chi connectivity index (χ0n) is 26.5. The Morgan fingerprint density at radius 2 is 0.957 bits per heavy atom. The van der Waals surface area contributed by atoms with Crippen molar-refractivity contribution in [2.24, 2.45) is 0 Å². The van der Waals surface area contributed by atoms with Crippen LogP contribution in [0.1, 0.15) is 25.0 Å². The van der Waals surface area contributed by atoms with Crippen LogP contribution in [-0.4, -0.2) is 0 Å². The van der Waals surface area contributed by atoms with Gasteiger partial charge in [0.15, 0.2) is 0 Å². The molecule has 0 radical (unpaired) electrons. The predicted molar refractivity (Wildman–Crippen MR) is 202 cm³/mol. The standard InChI is InChI=1S/C47H32/c1-47(2)42-26-21-30-11-6-7-14-36(30)46(42)40-25-20-35(28-43(40)47)34-19-23-38(41(27-34)29-9-4-3-5-10-29)37-22-17-33-16-15-31-12-8-13-32-18-24-39(37)45(33)44(31)32/h3-28H,1-2H3. The molecular weight excluding hydrogens is 565 g/mol. The minimum atomic E-state index is -0.0748. The number of rotatable bonds is 3. The lowest BCUT2D eigenvalue weighted by molar-refractivity contribution is 0.661. The topological polar surface area (TPSA) is 0 Å². The average Bonchev–Trinajstić information content (AvgIpc) is 3.36. The lowest BCUT2D eigenvalue weighted by Gasteiger charge is -2.22. The maximum absolute atomic E-state index is 2.45. The van der Waals surface area contributed by atoms with Gasteiger partial charge in [-0.25, -0.2) is 0 Å². The molecule has 0 bridgehead atoms. The Kier molecular flexibility index (Phi) is 5.44. The third-order valence-electron chi connectivity index (χ3n) is 10.8. The molecule has 47 heavy (non-hydrogen) atoms. The van der Waals surface area contributed by atoms with Gasteiger partial charge in [0.1, 0.15) is 0 Å². The quantitative estimate of drug-likeness (QED) is 0.178. The smallest absolute Gasteiger partial charge is 0.0159 e. The van der Waals surface area contributed by atoms with Gasteiger partial charge >= 0.3 is 0 Å². The minimum absolute atomic E-state index is 0.0748. The van der Waals surface area contributed by atoms with Crippen molar-refractivity contribution in [2.75, 3.05) is 0 Å². The molecule has 9 aromatic carbocycles. The van der Waals surface area contributed by atoms with E-state index in [9.17, 15) is 0 Å². The Hall–Kier alpha value is -5.72. The second-order valence-corrected chi connectivity index (χ2v) is 13.7. The van der Waals surface area contributed by atoms with Gasteiger partial charge in [-0.05, 0) is 111 Å². The van der Waals surface area contributed by atoms with Gasteiger partial charge in [0.05, 0.1) is 0 Å². The predicted octanol–water partition coefficient (Wildman–Crippen LogP) is 13.0. The largest absolute Gasteiger partial charge is 0.0622 e. The molecule has 0 spiro atoms. The zero-order valence-corrected chi connectivity index (χ0v) is 26.5. The lowest BCUT2D eigenvalue weighted by atomic mass is 9.81.